The topological polar surface area (TPSA) is 20.2 Å². The van der Waals surface area contributed by atoms with Crippen molar-refractivity contribution in [3.63, 3.8) is 0 Å². The van der Waals surface area contributed by atoms with Crippen LogP contribution in [0.2, 0.25) is 0 Å². The van der Waals surface area contributed by atoms with Gasteiger partial charge in [0, 0.05) is 12.3 Å². The quantitative estimate of drug-likeness (QED) is 0.618. The Morgan fingerprint density at radius 2 is 1.40 bits per heavy atom. The van der Waals surface area contributed by atoms with Gasteiger partial charge in [-0.25, -0.2) is 0 Å². The zero-order valence-electron chi connectivity index (χ0n) is 11.6. The summed E-state index contributed by atoms with van der Waals surface area (Å²) in [6, 6.07) is 20.3. The number of rotatable bonds is 6. The highest BCUT2D eigenvalue weighted by Crippen LogP contribution is 2.30. The molecule has 1 atom stereocenters. The minimum Gasteiger partial charge on any atom is -0.392 e. The lowest BCUT2D eigenvalue weighted by Gasteiger charge is -2.24. The van der Waals surface area contributed by atoms with Gasteiger partial charge in [0.1, 0.15) is 0 Å². The lowest BCUT2D eigenvalue weighted by Crippen LogP contribution is -2.19. The first-order valence-electron chi connectivity index (χ1n) is 7.04. The highest BCUT2D eigenvalue weighted by Gasteiger charge is 2.22. The molecule has 0 saturated carbocycles. The van der Waals surface area contributed by atoms with Crippen molar-refractivity contribution in [3.8, 4) is 12.3 Å². The first-order valence-corrected chi connectivity index (χ1v) is 7.04. The summed E-state index contributed by atoms with van der Waals surface area (Å²) in [6.07, 6.45) is 7.16. The molecule has 0 radical (unpaired) electrons. The van der Waals surface area contributed by atoms with Crippen molar-refractivity contribution in [2.45, 2.75) is 31.3 Å². The summed E-state index contributed by atoms with van der Waals surface area (Å²) in [6.45, 7) is 0. The molecule has 0 amide bonds. The van der Waals surface area contributed by atoms with E-state index in [4.69, 9.17) is 6.42 Å². The molecule has 0 bridgehead atoms. The second-order valence-corrected chi connectivity index (χ2v) is 4.96. The molecule has 2 rings (SSSR count). The van der Waals surface area contributed by atoms with Gasteiger partial charge in [0.25, 0.3) is 0 Å². The third kappa shape index (κ3) is 3.73. The van der Waals surface area contributed by atoms with E-state index in [0.29, 0.717) is 6.42 Å². The molecule has 1 N–H and O–H groups in total. The molecule has 0 fully saturated rings. The molecule has 0 heterocycles. The Kier molecular flexibility index (Phi) is 5.41. The minimum absolute atomic E-state index is 0.00942. The van der Waals surface area contributed by atoms with Gasteiger partial charge >= 0.3 is 0 Å². The van der Waals surface area contributed by atoms with E-state index >= 15 is 0 Å². The number of terminal acetylenes is 1. The maximum absolute atomic E-state index is 10.6. The Morgan fingerprint density at radius 1 is 0.900 bits per heavy atom. The number of benzene rings is 2. The Balaban J connectivity index is 2.23. The zero-order chi connectivity index (χ0) is 14.2. The summed E-state index contributed by atoms with van der Waals surface area (Å²) in [7, 11) is 0. The summed E-state index contributed by atoms with van der Waals surface area (Å²) in [5.41, 5.74) is 2.29. The molecule has 1 unspecified atom stereocenters. The van der Waals surface area contributed by atoms with Crippen molar-refractivity contribution in [1.29, 1.82) is 0 Å². The van der Waals surface area contributed by atoms with Crippen LogP contribution in [0.5, 0.6) is 0 Å². The van der Waals surface area contributed by atoms with Crippen molar-refractivity contribution >= 4 is 0 Å². The van der Waals surface area contributed by atoms with E-state index in [2.05, 4.69) is 30.2 Å². The molecule has 1 nitrogen and oxygen atoms in total. The smallest absolute Gasteiger partial charge is 0.0649 e. The third-order valence-corrected chi connectivity index (χ3v) is 3.52. The van der Waals surface area contributed by atoms with Crippen LogP contribution in [0.1, 0.15) is 36.3 Å². The molecule has 1 heteroatoms. The van der Waals surface area contributed by atoms with Crippen molar-refractivity contribution in [2.75, 3.05) is 0 Å². The molecule has 0 aromatic heterocycles. The van der Waals surface area contributed by atoms with E-state index in [1.54, 1.807) is 0 Å². The molecule has 0 spiro atoms. The molecule has 2 aromatic carbocycles. The van der Waals surface area contributed by atoms with Crippen molar-refractivity contribution in [1.82, 2.24) is 0 Å². The number of aliphatic hydroxyl groups excluding tert-OH is 1. The van der Waals surface area contributed by atoms with E-state index in [-0.39, 0.29) is 5.92 Å². The van der Waals surface area contributed by atoms with E-state index in [9.17, 15) is 5.11 Å². The van der Waals surface area contributed by atoms with Gasteiger partial charge in [-0.15, -0.1) is 12.3 Å². The first kappa shape index (κ1) is 14.4. The van der Waals surface area contributed by atoms with Crippen molar-refractivity contribution < 1.29 is 5.11 Å². The Hall–Kier alpha value is -2.04. The molecule has 102 valence electrons. The maximum atomic E-state index is 10.6. The lowest BCUT2D eigenvalue weighted by atomic mass is 9.84. The SMILES string of the molecule is C#CCCCC(O)C(c1ccccc1)c1ccccc1. The average Bonchev–Trinajstić information content (AvgIpc) is 2.50. The lowest BCUT2D eigenvalue weighted by molar-refractivity contribution is 0.144. The highest BCUT2D eigenvalue weighted by molar-refractivity contribution is 5.33. The number of unbranched alkanes of at least 4 members (excludes halogenated alkanes) is 1. The van der Waals surface area contributed by atoms with Crippen molar-refractivity contribution in [2.24, 2.45) is 0 Å². The highest BCUT2D eigenvalue weighted by atomic mass is 16.3. The van der Waals surface area contributed by atoms with E-state index in [0.717, 1.165) is 24.0 Å². The van der Waals surface area contributed by atoms with Crippen LogP contribution in [-0.4, -0.2) is 11.2 Å². The van der Waals surface area contributed by atoms with Gasteiger partial charge in [0.15, 0.2) is 0 Å². The summed E-state index contributed by atoms with van der Waals surface area (Å²) in [5, 5.41) is 10.6. The predicted molar refractivity (Wildman–Crippen MR) is 83.4 cm³/mol. The fourth-order valence-corrected chi connectivity index (χ4v) is 2.54. The summed E-state index contributed by atoms with van der Waals surface area (Å²) < 4.78 is 0. The van der Waals surface area contributed by atoms with Gasteiger partial charge in [0.05, 0.1) is 6.10 Å². The van der Waals surface area contributed by atoms with Gasteiger partial charge < -0.3 is 5.11 Å². The second kappa shape index (κ2) is 7.53. The van der Waals surface area contributed by atoms with E-state index in [1.807, 2.05) is 36.4 Å². The molecule has 0 aliphatic carbocycles. The van der Waals surface area contributed by atoms with Crippen LogP contribution in [0, 0.1) is 12.3 Å². The normalized spacial score (nSPS) is 12.1. The maximum Gasteiger partial charge on any atom is 0.0649 e. The fraction of sp³-hybridized carbons (Fsp3) is 0.263. The predicted octanol–water partition coefficient (Wildman–Crippen LogP) is 3.98. The molecule has 0 saturated heterocycles. The fourth-order valence-electron chi connectivity index (χ4n) is 2.54. The van der Waals surface area contributed by atoms with Gasteiger partial charge in [-0.05, 0) is 24.0 Å². The Labute approximate surface area is 121 Å². The molecule has 20 heavy (non-hydrogen) atoms. The zero-order valence-corrected chi connectivity index (χ0v) is 11.6. The molecule has 0 aliphatic heterocycles. The molecule has 0 aliphatic rings. The van der Waals surface area contributed by atoms with Crippen LogP contribution in [0.4, 0.5) is 0 Å². The largest absolute Gasteiger partial charge is 0.392 e. The molecular formula is C19H20O. The average molecular weight is 264 g/mol. The van der Waals surface area contributed by atoms with Gasteiger partial charge in [-0.3, -0.25) is 0 Å². The van der Waals surface area contributed by atoms with Crippen LogP contribution in [0.3, 0.4) is 0 Å². The number of hydrogen-bond acceptors (Lipinski definition) is 1. The van der Waals surface area contributed by atoms with Crippen LogP contribution < -0.4 is 0 Å². The minimum atomic E-state index is -0.409. The van der Waals surface area contributed by atoms with E-state index < -0.39 is 6.10 Å². The summed E-state index contributed by atoms with van der Waals surface area (Å²) >= 11 is 0. The van der Waals surface area contributed by atoms with E-state index in [1.165, 1.54) is 0 Å². The third-order valence-electron chi connectivity index (χ3n) is 3.52. The summed E-state index contributed by atoms with van der Waals surface area (Å²) in [5.74, 6) is 2.64. The Bertz CT molecular complexity index is 499. The van der Waals surface area contributed by atoms with Gasteiger partial charge in [-0.2, -0.15) is 0 Å². The molecular weight excluding hydrogens is 244 g/mol. The number of aliphatic hydroxyl groups is 1. The standard InChI is InChI=1S/C19H20O/c1-2-3-6-15-18(20)19(16-11-7-4-8-12-16)17-13-9-5-10-14-17/h1,4-5,7-14,18-20H,3,6,15H2. The first-order chi connectivity index (χ1) is 9.83. The van der Waals surface area contributed by atoms with Crippen LogP contribution in [0.25, 0.3) is 0 Å². The monoisotopic (exact) mass is 264 g/mol. The van der Waals surface area contributed by atoms with Crippen molar-refractivity contribution in [3.05, 3.63) is 71.8 Å². The van der Waals surface area contributed by atoms with Crippen LogP contribution in [0.15, 0.2) is 60.7 Å². The molecule has 2 aromatic rings. The second-order valence-electron chi connectivity index (χ2n) is 4.96. The van der Waals surface area contributed by atoms with Gasteiger partial charge in [0.2, 0.25) is 0 Å². The number of hydrogen-bond donors (Lipinski definition) is 1. The van der Waals surface area contributed by atoms with Crippen LogP contribution >= 0.6 is 0 Å². The summed E-state index contributed by atoms with van der Waals surface area (Å²) in [4.78, 5) is 0. The Morgan fingerprint density at radius 3 is 1.85 bits per heavy atom. The van der Waals surface area contributed by atoms with Gasteiger partial charge in [-0.1, -0.05) is 60.7 Å². The van der Waals surface area contributed by atoms with Crippen LogP contribution in [-0.2, 0) is 0 Å².